The lowest BCUT2D eigenvalue weighted by molar-refractivity contribution is -0.137. The Balaban J connectivity index is 1.52. The van der Waals surface area contributed by atoms with Crippen LogP contribution in [0, 0.1) is 6.92 Å². The summed E-state index contributed by atoms with van der Waals surface area (Å²) >= 11 is 0. The molecule has 152 valence electrons. The number of hydrogen-bond donors (Lipinski definition) is 1. The van der Waals surface area contributed by atoms with Crippen LogP contribution >= 0.6 is 0 Å². The fraction of sp³-hybridized carbons (Fsp3) is 0.130. The van der Waals surface area contributed by atoms with Gasteiger partial charge < -0.3 is 9.72 Å². The molecule has 0 aliphatic rings. The van der Waals surface area contributed by atoms with E-state index < -0.39 is 17.6 Å². The van der Waals surface area contributed by atoms with Crippen LogP contribution in [0.4, 0.5) is 18.9 Å². The van der Waals surface area contributed by atoms with E-state index in [0.717, 1.165) is 34.6 Å². The summed E-state index contributed by atoms with van der Waals surface area (Å²) in [5, 5.41) is 2.75. The number of fused-ring (bicyclic) bond motifs is 1. The monoisotopic (exact) mass is 409 g/mol. The third-order valence-corrected chi connectivity index (χ3v) is 4.74. The minimum absolute atomic E-state index is 0.151. The molecule has 0 fully saturated rings. The van der Waals surface area contributed by atoms with Crippen LogP contribution in [-0.4, -0.2) is 15.3 Å². The second-order valence-electron chi connectivity index (χ2n) is 7.05. The Morgan fingerprint density at radius 2 is 1.87 bits per heavy atom. The lowest BCUT2D eigenvalue weighted by atomic mass is 10.1. The second-order valence-corrected chi connectivity index (χ2v) is 7.05. The van der Waals surface area contributed by atoms with Crippen LogP contribution in [0.25, 0.3) is 16.9 Å². The second kappa shape index (κ2) is 7.67. The zero-order valence-electron chi connectivity index (χ0n) is 16.1. The summed E-state index contributed by atoms with van der Waals surface area (Å²) in [7, 11) is 0. The van der Waals surface area contributed by atoms with Crippen molar-refractivity contribution in [2.45, 2.75) is 19.5 Å². The van der Waals surface area contributed by atoms with Crippen LogP contribution < -0.4 is 5.32 Å². The van der Waals surface area contributed by atoms with E-state index in [1.165, 1.54) is 12.1 Å². The smallest absolute Gasteiger partial charge is 0.326 e. The summed E-state index contributed by atoms with van der Waals surface area (Å²) in [5.74, 6) is -0.391. The summed E-state index contributed by atoms with van der Waals surface area (Å²) < 4.78 is 40.5. The third kappa shape index (κ3) is 4.20. The number of aromatic nitrogens is 2. The van der Waals surface area contributed by atoms with Crippen molar-refractivity contribution in [2.75, 3.05) is 5.32 Å². The van der Waals surface area contributed by atoms with Gasteiger partial charge in [-0.3, -0.25) is 4.79 Å². The van der Waals surface area contributed by atoms with E-state index in [1.807, 2.05) is 41.9 Å². The quantitative estimate of drug-likeness (QED) is 0.483. The maximum Gasteiger partial charge on any atom is 0.416 e. The van der Waals surface area contributed by atoms with Gasteiger partial charge in [0.15, 0.2) is 0 Å². The van der Waals surface area contributed by atoms with Gasteiger partial charge in [-0.2, -0.15) is 13.2 Å². The SMILES string of the molecule is Cc1cccn2cc(-c3cccc(NC(=O)Cc4cccc(C(F)(F)F)c4)c3)nc12. The predicted molar refractivity (Wildman–Crippen MR) is 109 cm³/mol. The van der Waals surface area contributed by atoms with Crippen molar-refractivity contribution in [3.8, 4) is 11.3 Å². The fourth-order valence-corrected chi connectivity index (χ4v) is 3.30. The molecule has 30 heavy (non-hydrogen) atoms. The van der Waals surface area contributed by atoms with E-state index in [2.05, 4.69) is 10.3 Å². The number of pyridine rings is 1. The molecule has 0 bridgehead atoms. The number of carbonyl (C=O) groups is 1. The molecule has 1 amide bonds. The maximum atomic E-state index is 12.9. The van der Waals surface area contributed by atoms with Gasteiger partial charge in [0.05, 0.1) is 17.7 Å². The number of aryl methyl sites for hydroxylation is 1. The summed E-state index contributed by atoms with van der Waals surface area (Å²) in [4.78, 5) is 17.0. The Morgan fingerprint density at radius 3 is 2.63 bits per heavy atom. The van der Waals surface area contributed by atoms with E-state index in [0.29, 0.717) is 11.3 Å². The van der Waals surface area contributed by atoms with Gasteiger partial charge in [-0.15, -0.1) is 0 Å². The molecule has 0 spiro atoms. The fourth-order valence-electron chi connectivity index (χ4n) is 3.30. The number of nitrogens with zero attached hydrogens (tertiary/aromatic N) is 2. The third-order valence-electron chi connectivity index (χ3n) is 4.74. The average molecular weight is 409 g/mol. The van der Waals surface area contributed by atoms with Gasteiger partial charge in [0.2, 0.25) is 5.91 Å². The van der Waals surface area contributed by atoms with Crippen molar-refractivity contribution >= 4 is 17.2 Å². The summed E-state index contributed by atoms with van der Waals surface area (Å²) in [6.45, 7) is 1.98. The minimum atomic E-state index is -4.44. The van der Waals surface area contributed by atoms with Crippen molar-refractivity contribution in [2.24, 2.45) is 0 Å². The zero-order valence-corrected chi connectivity index (χ0v) is 16.1. The molecule has 7 heteroatoms. The van der Waals surface area contributed by atoms with E-state index >= 15 is 0 Å². The Bertz CT molecular complexity index is 1230. The molecule has 0 saturated heterocycles. The number of imidazole rings is 1. The van der Waals surface area contributed by atoms with Crippen molar-refractivity contribution in [3.05, 3.63) is 89.7 Å². The topological polar surface area (TPSA) is 46.4 Å². The van der Waals surface area contributed by atoms with E-state index in [9.17, 15) is 18.0 Å². The van der Waals surface area contributed by atoms with Gasteiger partial charge in [0.1, 0.15) is 5.65 Å². The lowest BCUT2D eigenvalue weighted by Crippen LogP contribution is -2.15. The molecule has 4 aromatic rings. The van der Waals surface area contributed by atoms with Crippen molar-refractivity contribution < 1.29 is 18.0 Å². The van der Waals surface area contributed by atoms with Crippen LogP contribution in [0.15, 0.2) is 73.1 Å². The summed E-state index contributed by atoms with van der Waals surface area (Å²) in [6, 6.07) is 15.9. The lowest BCUT2D eigenvalue weighted by Gasteiger charge is -2.09. The predicted octanol–water partition coefficient (Wildman–Crippen LogP) is 5.51. The standard InChI is InChI=1S/C23H18F3N3O/c1-15-5-4-10-29-14-20(28-22(15)29)17-7-3-9-19(13-17)27-21(30)12-16-6-2-8-18(11-16)23(24,25)26/h2-11,13-14H,12H2,1H3,(H,27,30). The van der Waals surface area contributed by atoms with Gasteiger partial charge >= 0.3 is 6.18 Å². The molecule has 0 saturated carbocycles. The number of hydrogen-bond acceptors (Lipinski definition) is 2. The number of anilines is 1. The minimum Gasteiger partial charge on any atom is -0.326 e. The molecule has 0 unspecified atom stereocenters. The van der Waals surface area contributed by atoms with E-state index in [4.69, 9.17) is 0 Å². The largest absolute Gasteiger partial charge is 0.416 e. The molecule has 2 heterocycles. The molecule has 0 atom stereocenters. The molecule has 0 aliphatic carbocycles. The van der Waals surface area contributed by atoms with Gasteiger partial charge in [0, 0.05) is 23.6 Å². The number of rotatable bonds is 4. The highest BCUT2D eigenvalue weighted by molar-refractivity contribution is 5.93. The van der Waals surface area contributed by atoms with Gasteiger partial charge in [-0.25, -0.2) is 4.98 Å². The molecule has 4 nitrogen and oxygen atoms in total. The van der Waals surface area contributed by atoms with Crippen molar-refractivity contribution in [1.82, 2.24) is 9.38 Å². The first-order valence-corrected chi connectivity index (χ1v) is 9.30. The first-order chi connectivity index (χ1) is 14.3. The van der Waals surface area contributed by atoms with E-state index in [-0.39, 0.29) is 6.42 Å². The summed E-state index contributed by atoms with van der Waals surface area (Å²) in [5.41, 5.74) is 3.58. The Labute approximate surface area is 171 Å². The van der Waals surface area contributed by atoms with Crippen LogP contribution in [0.2, 0.25) is 0 Å². The highest BCUT2D eigenvalue weighted by Crippen LogP contribution is 2.29. The van der Waals surface area contributed by atoms with Crippen molar-refractivity contribution in [1.29, 1.82) is 0 Å². The molecule has 4 rings (SSSR count). The zero-order chi connectivity index (χ0) is 21.3. The summed E-state index contributed by atoms with van der Waals surface area (Å²) in [6.07, 6.45) is -0.763. The highest BCUT2D eigenvalue weighted by Gasteiger charge is 2.30. The molecule has 1 N–H and O–H groups in total. The number of alkyl halides is 3. The molecular weight excluding hydrogens is 391 g/mol. The molecule has 0 radical (unpaired) electrons. The first-order valence-electron chi connectivity index (χ1n) is 9.30. The van der Waals surface area contributed by atoms with E-state index in [1.54, 1.807) is 18.2 Å². The highest BCUT2D eigenvalue weighted by atomic mass is 19.4. The van der Waals surface area contributed by atoms with Gasteiger partial charge in [-0.1, -0.05) is 36.4 Å². The Hall–Kier alpha value is -3.61. The van der Waals surface area contributed by atoms with Crippen LogP contribution in [0.1, 0.15) is 16.7 Å². The molecular formula is C23H18F3N3O. The number of carbonyl (C=O) groups excluding carboxylic acids is 1. The van der Waals surface area contributed by atoms with Crippen LogP contribution in [-0.2, 0) is 17.4 Å². The van der Waals surface area contributed by atoms with Crippen molar-refractivity contribution in [3.63, 3.8) is 0 Å². The number of halogens is 3. The molecule has 2 aromatic heterocycles. The normalized spacial score (nSPS) is 11.6. The van der Waals surface area contributed by atoms with Crippen LogP contribution in [0.3, 0.4) is 0 Å². The van der Waals surface area contributed by atoms with Crippen LogP contribution in [0.5, 0.6) is 0 Å². The van der Waals surface area contributed by atoms with Gasteiger partial charge in [0.25, 0.3) is 0 Å². The molecule has 0 aliphatic heterocycles. The number of amides is 1. The molecule has 2 aromatic carbocycles. The Kier molecular flexibility index (Phi) is 5.03. The van der Waals surface area contributed by atoms with Gasteiger partial charge in [-0.05, 0) is 42.3 Å². The average Bonchev–Trinajstić information content (AvgIpc) is 3.13. The first kappa shape index (κ1) is 19.7. The Morgan fingerprint density at radius 1 is 1.07 bits per heavy atom. The number of nitrogens with one attached hydrogen (secondary N) is 1. The number of benzene rings is 2. The maximum absolute atomic E-state index is 12.9.